The lowest BCUT2D eigenvalue weighted by Crippen LogP contribution is -2.67. The van der Waals surface area contributed by atoms with E-state index in [-0.39, 0.29) is 47.9 Å². The van der Waals surface area contributed by atoms with Gasteiger partial charge in [-0.05, 0) is 91.9 Å². The largest absolute Gasteiger partial charge is 0.396 e. The van der Waals surface area contributed by atoms with Gasteiger partial charge in [0.15, 0.2) is 18.9 Å². The van der Waals surface area contributed by atoms with Gasteiger partial charge in [-0.1, -0.05) is 52.3 Å². The lowest BCUT2D eigenvalue weighted by atomic mass is 9.35. The van der Waals surface area contributed by atoms with Crippen LogP contribution in [0.1, 0.15) is 92.9 Å². The Hall–Kier alpha value is -1.28. The summed E-state index contributed by atoms with van der Waals surface area (Å²) in [6.07, 6.45) is -16.1. The molecule has 67 heavy (non-hydrogen) atoms. The highest BCUT2D eigenvalue weighted by molar-refractivity contribution is 5.47. The van der Waals surface area contributed by atoms with Crippen LogP contribution in [0.15, 0.2) is 23.3 Å². The predicted molar refractivity (Wildman–Crippen MR) is 233 cm³/mol. The Morgan fingerprint density at radius 1 is 0.642 bits per heavy atom. The first kappa shape index (κ1) is 52.1. The zero-order chi connectivity index (χ0) is 49.0. The summed E-state index contributed by atoms with van der Waals surface area (Å²) in [6, 6.07) is 0. The van der Waals surface area contributed by atoms with Crippen molar-refractivity contribution >= 4 is 0 Å². The first-order chi connectivity index (χ1) is 31.4. The zero-order valence-corrected chi connectivity index (χ0v) is 39.6. The van der Waals surface area contributed by atoms with Gasteiger partial charge in [0, 0.05) is 22.9 Å². The Morgan fingerprint density at radius 3 is 1.94 bits per heavy atom. The highest BCUT2D eigenvalue weighted by Gasteiger charge is 2.69. The molecule has 3 saturated heterocycles. The molecule has 5 aliphatic carbocycles. The molecule has 0 aromatic rings. The highest BCUT2D eigenvalue weighted by Crippen LogP contribution is 2.74. The van der Waals surface area contributed by atoms with Gasteiger partial charge in [-0.3, -0.25) is 0 Å². The molecule has 384 valence electrons. The minimum atomic E-state index is -1.83. The van der Waals surface area contributed by atoms with Crippen molar-refractivity contribution in [3.05, 3.63) is 23.3 Å². The number of hydrogen-bond acceptors (Lipinski definition) is 19. The summed E-state index contributed by atoms with van der Waals surface area (Å²) >= 11 is 0. The van der Waals surface area contributed by atoms with E-state index in [1.165, 1.54) is 6.92 Å². The maximum Gasteiger partial charge on any atom is 0.187 e. The lowest BCUT2D eigenvalue weighted by Gasteiger charge is -2.70. The van der Waals surface area contributed by atoms with Crippen LogP contribution in [0.5, 0.6) is 0 Å². The Labute approximate surface area is 391 Å². The van der Waals surface area contributed by atoms with Crippen LogP contribution in [0.3, 0.4) is 0 Å². The van der Waals surface area contributed by atoms with Crippen molar-refractivity contribution < 1.29 is 94.8 Å². The quantitative estimate of drug-likeness (QED) is 0.105. The highest BCUT2D eigenvalue weighted by atomic mass is 16.8. The van der Waals surface area contributed by atoms with Crippen molar-refractivity contribution in [2.75, 3.05) is 33.0 Å². The minimum absolute atomic E-state index is 0.00136. The van der Waals surface area contributed by atoms with Gasteiger partial charge in [-0.15, -0.1) is 0 Å². The molecule has 0 spiro atoms. The normalized spacial score (nSPS) is 55.6. The molecule has 0 amide bonds. The van der Waals surface area contributed by atoms with Crippen LogP contribution in [-0.4, -0.2) is 204 Å². The van der Waals surface area contributed by atoms with Crippen LogP contribution in [0.25, 0.3) is 0 Å². The number of aliphatic hydroxyl groups is 13. The third-order valence-corrected chi connectivity index (χ3v) is 19.2. The molecule has 19 heteroatoms. The Balaban J connectivity index is 1.06. The van der Waals surface area contributed by atoms with E-state index >= 15 is 0 Å². The average molecular weight is 959 g/mol. The first-order valence-corrected chi connectivity index (χ1v) is 24.3. The van der Waals surface area contributed by atoms with Crippen molar-refractivity contribution in [3.8, 4) is 0 Å². The van der Waals surface area contributed by atoms with Crippen molar-refractivity contribution in [3.63, 3.8) is 0 Å². The fraction of sp³-hybridized carbons (Fsp3) is 0.917. The van der Waals surface area contributed by atoms with Gasteiger partial charge in [0.05, 0.1) is 44.7 Å². The fourth-order valence-electron chi connectivity index (χ4n) is 14.5. The van der Waals surface area contributed by atoms with E-state index in [2.05, 4.69) is 39.8 Å². The van der Waals surface area contributed by atoms with Crippen LogP contribution < -0.4 is 0 Å². The van der Waals surface area contributed by atoms with Gasteiger partial charge >= 0.3 is 0 Å². The number of fused-ring (bicyclic) bond motifs is 6. The SMILES string of the molecule is C[C@@H]1O[C@@H](O[C@H]2[C@H](O)[C@@H](O)[C@H](O[C@H]3CC[C@@]4(C)[C@@H](CC[C@]5(C)[C@@H]4C=CC4=C6C[C@](C)(CO)CC[C@]6(CO)[C@H](O)C[C@]45C)[C@]3(C)CO)O[C@@H]2CO[C@@H]2O[C@H](CO)[C@@H](O)[C@H](O)[C@H]2O)[C@H](O)[C@H](O)[C@H]1O. The first-order valence-electron chi connectivity index (χ1n) is 24.3. The van der Waals surface area contributed by atoms with Crippen LogP contribution in [-0.2, 0) is 28.4 Å². The second-order valence-corrected chi connectivity index (χ2v) is 22.9. The van der Waals surface area contributed by atoms with Crippen molar-refractivity contribution in [1.29, 1.82) is 0 Å². The van der Waals surface area contributed by atoms with E-state index < -0.39 is 134 Å². The summed E-state index contributed by atoms with van der Waals surface area (Å²) < 4.78 is 36.0. The molecule has 0 unspecified atom stereocenters. The van der Waals surface area contributed by atoms with Crippen LogP contribution in [0, 0.1) is 44.3 Å². The molecule has 3 aliphatic heterocycles. The topological polar surface area (TPSA) is 318 Å². The molecular formula is C48H78O19. The maximum absolute atomic E-state index is 12.1. The molecule has 0 aromatic heterocycles. The lowest BCUT2D eigenvalue weighted by molar-refractivity contribution is -0.374. The molecule has 19 nitrogen and oxygen atoms in total. The molecule has 3 saturated carbocycles. The van der Waals surface area contributed by atoms with Crippen molar-refractivity contribution in [2.45, 2.75) is 197 Å². The maximum atomic E-state index is 12.1. The number of ether oxygens (including phenoxy) is 6. The van der Waals surface area contributed by atoms with Crippen molar-refractivity contribution in [1.82, 2.24) is 0 Å². The smallest absolute Gasteiger partial charge is 0.187 e. The monoisotopic (exact) mass is 959 g/mol. The molecular weight excluding hydrogens is 881 g/mol. The summed E-state index contributed by atoms with van der Waals surface area (Å²) in [5, 5.41) is 141. The molecule has 8 rings (SSSR count). The van der Waals surface area contributed by atoms with Gasteiger partial charge in [-0.2, -0.15) is 0 Å². The standard InChI is InChI=1S/C48H78O19/c1-22-31(54)33(56)37(60)41(63-22)67-39-26(18-62-40-36(59)34(57)32(55)25(17-49)64-40)65-42(38(61)35(39)58)66-30-10-11-44(3)27(45(30,4)20-51)9-12-46(5)28(44)8-7-23-24-15-43(2,19-50)13-14-48(24,21-52)29(53)16-47(23,46)6/h7-8,22,25-42,49-61H,9-21H2,1-6H3/t22-,25+,26+,27+,28+,29+,30-,31-,32+,33+,34-,35+,36+,37+,38+,39+,40+,41-,42-,43+,44-,45-,46+,47+,48+/m0/s1. The van der Waals surface area contributed by atoms with Crippen molar-refractivity contribution in [2.24, 2.45) is 44.3 Å². The second kappa shape index (κ2) is 18.6. The number of rotatable bonds is 11. The van der Waals surface area contributed by atoms with Gasteiger partial charge in [0.25, 0.3) is 0 Å². The number of aliphatic hydroxyl groups excluding tert-OH is 13. The Bertz CT molecular complexity index is 1840. The van der Waals surface area contributed by atoms with E-state index in [4.69, 9.17) is 28.4 Å². The summed E-state index contributed by atoms with van der Waals surface area (Å²) in [5.74, 6) is -0.121. The molecule has 6 fully saturated rings. The number of allylic oxidation sites excluding steroid dienone is 3. The Kier molecular flexibility index (Phi) is 14.5. The van der Waals surface area contributed by atoms with Gasteiger partial charge in [0.2, 0.25) is 0 Å². The predicted octanol–water partition coefficient (Wildman–Crippen LogP) is -1.52. The van der Waals surface area contributed by atoms with Crippen LogP contribution in [0.4, 0.5) is 0 Å². The molecule has 13 N–H and O–H groups in total. The van der Waals surface area contributed by atoms with Gasteiger partial charge in [-0.25, -0.2) is 0 Å². The van der Waals surface area contributed by atoms with Crippen LogP contribution in [0.2, 0.25) is 0 Å². The summed E-state index contributed by atoms with van der Waals surface area (Å²) in [4.78, 5) is 0. The fourth-order valence-corrected chi connectivity index (χ4v) is 14.5. The molecule has 0 aromatic carbocycles. The van der Waals surface area contributed by atoms with Gasteiger partial charge in [0.1, 0.15) is 67.1 Å². The summed E-state index contributed by atoms with van der Waals surface area (Å²) in [7, 11) is 0. The van der Waals surface area contributed by atoms with E-state index in [1.54, 1.807) is 0 Å². The van der Waals surface area contributed by atoms with E-state index in [0.29, 0.717) is 44.9 Å². The molecule has 3 heterocycles. The average Bonchev–Trinajstić information content (AvgIpc) is 3.30. The molecule has 8 aliphatic rings. The molecule has 0 bridgehead atoms. The Morgan fingerprint density at radius 2 is 1.28 bits per heavy atom. The summed E-state index contributed by atoms with van der Waals surface area (Å²) in [5.41, 5.74) is -1.05. The van der Waals surface area contributed by atoms with E-state index in [9.17, 15) is 66.4 Å². The second-order valence-electron chi connectivity index (χ2n) is 22.9. The zero-order valence-electron chi connectivity index (χ0n) is 39.6. The molecule has 0 radical (unpaired) electrons. The summed E-state index contributed by atoms with van der Waals surface area (Å²) in [6.45, 7) is 10.5. The minimum Gasteiger partial charge on any atom is -0.396 e. The van der Waals surface area contributed by atoms with Gasteiger partial charge < -0.3 is 94.8 Å². The third kappa shape index (κ3) is 8.06. The van der Waals surface area contributed by atoms with E-state index in [1.807, 2.05) is 6.92 Å². The molecule has 25 atom stereocenters. The van der Waals surface area contributed by atoms with E-state index in [0.717, 1.165) is 17.6 Å². The number of hydrogen-bond donors (Lipinski definition) is 13. The van der Waals surface area contributed by atoms with Crippen LogP contribution >= 0.6 is 0 Å². The third-order valence-electron chi connectivity index (χ3n) is 19.2.